The molecule has 2 aromatic rings. The standard InChI is InChI=1S/C13H15FN2OS/c1-8-3-10(14)5-11(4-8)16-12(6-17)13-15-9(2)7-18-13/h3-5,7,12,16-17H,6H2,1-2H3. The van der Waals surface area contributed by atoms with E-state index in [-0.39, 0.29) is 18.5 Å². The molecule has 2 N–H and O–H groups in total. The predicted octanol–water partition coefficient (Wildman–Crippen LogP) is 3.04. The van der Waals surface area contributed by atoms with Crippen LogP contribution in [0.4, 0.5) is 10.1 Å². The Morgan fingerprint density at radius 1 is 1.39 bits per heavy atom. The van der Waals surface area contributed by atoms with E-state index in [0.717, 1.165) is 16.3 Å². The van der Waals surface area contributed by atoms with Crippen molar-refractivity contribution in [3.63, 3.8) is 0 Å². The first-order chi connectivity index (χ1) is 8.58. The fourth-order valence-corrected chi connectivity index (χ4v) is 2.58. The van der Waals surface area contributed by atoms with E-state index in [1.54, 1.807) is 0 Å². The number of anilines is 1. The zero-order chi connectivity index (χ0) is 13.1. The minimum atomic E-state index is -0.301. The van der Waals surface area contributed by atoms with Crippen LogP contribution in [0.2, 0.25) is 0 Å². The van der Waals surface area contributed by atoms with Gasteiger partial charge in [-0.25, -0.2) is 9.37 Å². The molecule has 18 heavy (non-hydrogen) atoms. The third kappa shape index (κ3) is 3.05. The number of aliphatic hydroxyl groups is 1. The van der Waals surface area contributed by atoms with E-state index in [4.69, 9.17) is 0 Å². The molecule has 0 spiro atoms. The number of benzene rings is 1. The lowest BCUT2D eigenvalue weighted by Crippen LogP contribution is -2.14. The van der Waals surface area contributed by atoms with Crippen molar-refractivity contribution in [2.45, 2.75) is 19.9 Å². The molecule has 2 rings (SSSR count). The van der Waals surface area contributed by atoms with Crippen LogP contribution in [0.3, 0.4) is 0 Å². The van der Waals surface area contributed by atoms with Crippen molar-refractivity contribution in [3.05, 3.63) is 45.7 Å². The summed E-state index contributed by atoms with van der Waals surface area (Å²) in [5.41, 5.74) is 2.41. The minimum Gasteiger partial charge on any atom is -0.394 e. The van der Waals surface area contributed by atoms with Crippen molar-refractivity contribution in [2.24, 2.45) is 0 Å². The lowest BCUT2D eigenvalue weighted by Gasteiger charge is -2.15. The van der Waals surface area contributed by atoms with Crippen LogP contribution in [0.15, 0.2) is 23.6 Å². The van der Waals surface area contributed by atoms with E-state index < -0.39 is 0 Å². The maximum atomic E-state index is 13.3. The van der Waals surface area contributed by atoms with E-state index in [2.05, 4.69) is 10.3 Å². The second-order valence-electron chi connectivity index (χ2n) is 4.22. The van der Waals surface area contributed by atoms with Gasteiger partial charge in [0.1, 0.15) is 16.9 Å². The first-order valence-corrected chi connectivity index (χ1v) is 6.53. The summed E-state index contributed by atoms with van der Waals surface area (Å²) in [7, 11) is 0. The quantitative estimate of drug-likeness (QED) is 0.894. The first-order valence-electron chi connectivity index (χ1n) is 5.65. The van der Waals surface area contributed by atoms with Gasteiger partial charge in [0.15, 0.2) is 0 Å². The fraction of sp³-hybridized carbons (Fsp3) is 0.308. The summed E-state index contributed by atoms with van der Waals surface area (Å²) in [4.78, 5) is 4.33. The van der Waals surface area contributed by atoms with Crippen molar-refractivity contribution >= 4 is 17.0 Å². The van der Waals surface area contributed by atoms with Gasteiger partial charge in [0.2, 0.25) is 0 Å². The molecule has 0 radical (unpaired) electrons. The van der Waals surface area contributed by atoms with E-state index in [9.17, 15) is 9.50 Å². The molecule has 1 heterocycles. The van der Waals surface area contributed by atoms with Crippen LogP contribution in [0, 0.1) is 19.7 Å². The lowest BCUT2D eigenvalue weighted by atomic mass is 10.2. The Bertz CT molecular complexity index is 521. The molecule has 3 nitrogen and oxygen atoms in total. The normalized spacial score (nSPS) is 12.4. The summed E-state index contributed by atoms with van der Waals surface area (Å²) in [6.45, 7) is 3.65. The van der Waals surface area contributed by atoms with Crippen molar-refractivity contribution in [1.82, 2.24) is 4.98 Å². The SMILES string of the molecule is Cc1cc(F)cc(NC(CO)c2nc(C)cs2)c1. The molecule has 0 fully saturated rings. The van der Waals surface area contributed by atoms with Gasteiger partial charge in [-0.2, -0.15) is 0 Å². The Hall–Kier alpha value is -1.46. The molecule has 1 unspecified atom stereocenters. The number of thiazole rings is 1. The number of hydrogen-bond donors (Lipinski definition) is 2. The molecular weight excluding hydrogens is 251 g/mol. The summed E-state index contributed by atoms with van der Waals surface area (Å²) in [6, 6.07) is 4.42. The highest BCUT2D eigenvalue weighted by molar-refractivity contribution is 7.09. The molecule has 96 valence electrons. The van der Waals surface area contributed by atoms with Gasteiger partial charge in [-0.05, 0) is 37.6 Å². The van der Waals surface area contributed by atoms with Crippen LogP contribution in [-0.2, 0) is 0 Å². The number of aliphatic hydroxyl groups excluding tert-OH is 1. The van der Waals surface area contributed by atoms with E-state index >= 15 is 0 Å². The first kappa shape index (κ1) is 13.0. The monoisotopic (exact) mass is 266 g/mol. The van der Waals surface area contributed by atoms with Gasteiger partial charge in [0.25, 0.3) is 0 Å². The molecule has 1 aromatic heterocycles. The van der Waals surface area contributed by atoms with Gasteiger partial charge in [-0.3, -0.25) is 0 Å². The Morgan fingerprint density at radius 2 is 2.17 bits per heavy atom. The molecule has 0 aliphatic rings. The second kappa shape index (κ2) is 5.46. The summed E-state index contributed by atoms with van der Waals surface area (Å²) in [6.07, 6.45) is 0. The van der Waals surface area contributed by atoms with Gasteiger partial charge < -0.3 is 10.4 Å². The summed E-state index contributed by atoms with van der Waals surface area (Å²) in [5, 5.41) is 15.2. The lowest BCUT2D eigenvalue weighted by molar-refractivity contribution is 0.276. The van der Waals surface area contributed by atoms with Crippen LogP contribution >= 0.6 is 11.3 Å². The smallest absolute Gasteiger partial charge is 0.125 e. The van der Waals surface area contributed by atoms with Gasteiger partial charge in [-0.1, -0.05) is 0 Å². The van der Waals surface area contributed by atoms with Crippen LogP contribution in [0.5, 0.6) is 0 Å². The third-order valence-electron chi connectivity index (χ3n) is 2.50. The van der Waals surface area contributed by atoms with Crippen LogP contribution in [0.1, 0.15) is 22.3 Å². The molecule has 0 aliphatic heterocycles. The average molecular weight is 266 g/mol. The van der Waals surface area contributed by atoms with E-state index in [0.29, 0.717) is 5.69 Å². The number of hydrogen-bond acceptors (Lipinski definition) is 4. The van der Waals surface area contributed by atoms with Gasteiger partial charge in [0.05, 0.1) is 6.61 Å². The Labute approximate surface area is 109 Å². The highest BCUT2D eigenvalue weighted by Crippen LogP contribution is 2.23. The van der Waals surface area contributed by atoms with Gasteiger partial charge in [-0.15, -0.1) is 11.3 Å². The minimum absolute atomic E-state index is 0.0808. The molecule has 0 saturated heterocycles. The highest BCUT2D eigenvalue weighted by Gasteiger charge is 2.14. The Morgan fingerprint density at radius 3 is 2.72 bits per heavy atom. The number of nitrogens with one attached hydrogen (secondary N) is 1. The maximum absolute atomic E-state index is 13.3. The fourth-order valence-electron chi connectivity index (χ4n) is 1.74. The molecule has 1 aromatic carbocycles. The summed E-state index contributed by atoms with van der Waals surface area (Å²) < 4.78 is 13.3. The zero-order valence-electron chi connectivity index (χ0n) is 10.3. The van der Waals surface area contributed by atoms with Crippen LogP contribution < -0.4 is 5.32 Å². The Kier molecular flexibility index (Phi) is 3.93. The maximum Gasteiger partial charge on any atom is 0.125 e. The summed E-state index contributed by atoms with van der Waals surface area (Å²) in [5.74, 6) is -0.287. The molecule has 0 aliphatic carbocycles. The number of aromatic nitrogens is 1. The van der Waals surface area contributed by atoms with Gasteiger partial charge in [0, 0.05) is 16.8 Å². The number of aryl methyl sites for hydroxylation is 2. The molecule has 0 saturated carbocycles. The van der Waals surface area contributed by atoms with Crippen LogP contribution in [0.25, 0.3) is 0 Å². The molecule has 5 heteroatoms. The second-order valence-corrected chi connectivity index (χ2v) is 5.11. The van der Waals surface area contributed by atoms with Crippen molar-refractivity contribution in [3.8, 4) is 0 Å². The largest absolute Gasteiger partial charge is 0.394 e. The average Bonchev–Trinajstić information content (AvgIpc) is 2.71. The predicted molar refractivity (Wildman–Crippen MR) is 71.4 cm³/mol. The molecule has 0 amide bonds. The zero-order valence-corrected chi connectivity index (χ0v) is 11.1. The van der Waals surface area contributed by atoms with Crippen LogP contribution in [-0.4, -0.2) is 16.7 Å². The van der Waals surface area contributed by atoms with E-state index in [1.807, 2.05) is 25.3 Å². The number of rotatable bonds is 4. The van der Waals surface area contributed by atoms with E-state index in [1.165, 1.54) is 23.5 Å². The van der Waals surface area contributed by atoms with Crippen molar-refractivity contribution in [1.29, 1.82) is 0 Å². The third-order valence-corrected chi connectivity index (χ3v) is 3.58. The van der Waals surface area contributed by atoms with Crippen molar-refractivity contribution in [2.75, 3.05) is 11.9 Å². The summed E-state index contributed by atoms with van der Waals surface area (Å²) >= 11 is 1.48. The topological polar surface area (TPSA) is 45.1 Å². The Balaban J connectivity index is 2.20. The number of halogens is 1. The van der Waals surface area contributed by atoms with Gasteiger partial charge >= 0.3 is 0 Å². The molecule has 1 atom stereocenters. The van der Waals surface area contributed by atoms with Crippen molar-refractivity contribution < 1.29 is 9.50 Å². The molecular formula is C13H15FN2OS. The highest BCUT2D eigenvalue weighted by atomic mass is 32.1. The number of nitrogens with zero attached hydrogens (tertiary/aromatic N) is 1. The molecule has 0 bridgehead atoms.